The number of rotatable bonds is 4. The first-order valence-corrected chi connectivity index (χ1v) is 8.57. The van der Waals surface area contributed by atoms with Gasteiger partial charge < -0.3 is 4.90 Å². The van der Waals surface area contributed by atoms with Crippen LogP contribution in [0.3, 0.4) is 0 Å². The van der Waals surface area contributed by atoms with Crippen molar-refractivity contribution in [1.82, 2.24) is 9.88 Å². The van der Waals surface area contributed by atoms with Crippen LogP contribution in [0.25, 0.3) is 0 Å². The third-order valence-corrected chi connectivity index (χ3v) is 4.68. The van der Waals surface area contributed by atoms with Gasteiger partial charge in [-0.1, -0.05) is 12.1 Å². The molecule has 1 aromatic carbocycles. The van der Waals surface area contributed by atoms with Crippen molar-refractivity contribution < 1.29 is 13.2 Å². The number of aryl methyl sites for hydroxylation is 1. The zero-order chi connectivity index (χ0) is 17.2. The summed E-state index contributed by atoms with van der Waals surface area (Å²) in [6.45, 7) is 3.72. The summed E-state index contributed by atoms with van der Waals surface area (Å²) in [6.07, 6.45) is 1.55. The van der Waals surface area contributed by atoms with Crippen LogP contribution in [-0.2, 0) is 10.0 Å². The third kappa shape index (κ3) is 3.94. The van der Waals surface area contributed by atoms with Gasteiger partial charge in [0.2, 0.25) is 10.0 Å². The van der Waals surface area contributed by atoms with Crippen LogP contribution in [0.5, 0.6) is 0 Å². The van der Waals surface area contributed by atoms with Crippen LogP contribution in [0.15, 0.2) is 47.5 Å². The Morgan fingerprint density at radius 3 is 2.26 bits per heavy atom. The summed E-state index contributed by atoms with van der Waals surface area (Å²) >= 11 is 0. The van der Waals surface area contributed by atoms with Gasteiger partial charge in [0.25, 0.3) is 5.91 Å². The van der Waals surface area contributed by atoms with E-state index in [0.717, 1.165) is 11.3 Å². The minimum Gasteiger partial charge on any atom is -0.335 e. The number of hydrogen-bond donors (Lipinski definition) is 1. The van der Waals surface area contributed by atoms with Crippen molar-refractivity contribution in [3.05, 3.63) is 59.4 Å². The number of benzene rings is 1. The van der Waals surface area contributed by atoms with Crippen LogP contribution in [0.2, 0.25) is 0 Å². The van der Waals surface area contributed by atoms with E-state index >= 15 is 0 Å². The number of pyridine rings is 1. The Kier molecular flexibility index (Phi) is 4.82. The van der Waals surface area contributed by atoms with Crippen LogP contribution in [-0.4, -0.2) is 31.3 Å². The van der Waals surface area contributed by atoms with Crippen molar-refractivity contribution in [3.8, 4) is 0 Å². The Hall–Kier alpha value is -2.25. The highest BCUT2D eigenvalue weighted by Gasteiger charge is 2.19. The van der Waals surface area contributed by atoms with E-state index in [2.05, 4.69) is 4.98 Å². The fraction of sp³-hybridized carbons (Fsp3) is 0.250. The van der Waals surface area contributed by atoms with Gasteiger partial charge in [-0.05, 0) is 43.7 Å². The lowest BCUT2D eigenvalue weighted by Crippen LogP contribution is -2.29. The summed E-state index contributed by atoms with van der Waals surface area (Å²) in [4.78, 5) is 18.2. The molecule has 23 heavy (non-hydrogen) atoms. The largest absolute Gasteiger partial charge is 0.335 e. The summed E-state index contributed by atoms with van der Waals surface area (Å²) in [5.41, 5.74) is 2.16. The third-order valence-electron chi connectivity index (χ3n) is 3.75. The van der Waals surface area contributed by atoms with E-state index in [4.69, 9.17) is 5.14 Å². The van der Waals surface area contributed by atoms with E-state index in [1.807, 2.05) is 13.8 Å². The molecule has 2 aromatic rings. The zero-order valence-electron chi connectivity index (χ0n) is 13.2. The van der Waals surface area contributed by atoms with E-state index in [9.17, 15) is 13.2 Å². The van der Waals surface area contributed by atoms with Crippen molar-refractivity contribution in [2.24, 2.45) is 5.14 Å². The van der Waals surface area contributed by atoms with Crippen LogP contribution >= 0.6 is 0 Å². The molecule has 0 aliphatic heterocycles. The van der Waals surface area contributed by atoms with Crippen molar-refractivity contribution in [1.29, 1.82) is 0 Å². The molecule has 0 aliphatic carbocycles. The van der Waals surface area contributed by atoms with Gasteiger partial charge in [0, 0.05) is 18.9 Å². The van der Waals surface area contributed by atoms with Crippen LogP contribution in [0.1, 0.15) is 34.6 Å². The van der Waals surface area contributed by atoms with Gasteiger partial charge in [-0.2, -0.15) is 0 Å². The molecule has 0 spiro atoms. The number of sulfonamides is 1. The highest BCUT2D eigenvalue weighted by atomic mass is 32.2. The summed E-state index contributed by atoms with van der Waals surface area (Å²) < 4.78 is 22.5. The molecule has 0 radical (unpaired) electrons. The van der Waals surface area contributed by atoms with Gasteiger partial charge in [0.1, 0.15) is 0 Å². The molecule has 2 rings (SSSR count). The normalized spacial score (nSPS) is 12.7. The van der Waals surface area contributed by atoms with Crippen molar-refractivity contribution in [2.75, 3.05) is 7.05 Å². The average molecular weight is 333 g/mol. The summed E-state index contributed by atoms with van der Waals surface area (Å²) in [7, 11) is -2.02. The lowest BCUT2D eigenvalue weighted by molar-refractivity contribution is 0.0742. The standard InChI is InChI=1S/C16H19N3O3S/c1-11-4-5-14(10-18-11)16(20)19(3)12(2)13-6-8-15(9-7-13)23(17,21)22/h4-10,12H,1-3H3,(H2,17,21,22)/t12-/m1/s1. The second kappa shape index (κ2) is 6.47. The fourth-order valence-corrected chi connectivity index (χ4v) is 2.65. The Morgan fingerprint density at radius 2 is 1.78 bits per heavy atom. The van der Waals surface area contributed by atoms with Gasteiger partial charge in [-0.3, -0.25) is 9.78 Å². The molecule has 6 nitrogen and oxygen atoms in total. The number of primary sulfonamides is 1. The molecule has 1 aromatic heterocycles. The van der Waals surface area contributed by atoms with Gasteiger partial charge in [0.05, 0.1) is 16.5 Å². The Bertz CT molecular complexity index is 799. The SMILES string of the molecule is Cc1ccc(C(=O)N(C)[C@H](C)c2ccc(S(N)(=O)=O)cc2)cn1. The lowest BCUT2D eigenvalue weighted by Gasteiger charge is -2.25. The van der Waals surface area contributed by atoms with Crippen LogP contribution in [0.4, 0.5) is 0 Å². The summed E-state index contributed by atoms with van der Waals surface area (Å²) in [6, 6.07) is 9.48. The molecular formula is C16H19N3O3S. The first kappa shape index (κ1) is 17.1. The van der Waals surface area contributed by atoms with Crippen molar-refractivity contribution in [3.63, 3.8) is 0 Å². The quantitative estimate of drug-likeness (QED) is 0.924. The Labute approximate surface area is 136 Å². The summed E-state index contributed by atoms with van der Waals surface area (Å²) in [5, 5.41) is 5.08. The molecule has 0 fully saturated rings. The van der Waals surface area contributed by atoms with E-state index in [-0.39, 0.29) is 16.8 Å². The van der Waals surface area contributed by atoms with Crippen molar-refractivity contribution in [2.45, 2.75) is 24.8 Å². The average Bonchev–Trinajstić information content (AvgIpc) is 2.53. The second-order valence-electron chi connectivity index (χ2n) is 5.39. The number of carbonyl (C=O) groups excluding carboxylic acids is 1. The maximum Gasteiger partial charge on any atom is 0.255 e. The number of carbonyl (C=O) groups is 1. The van der Waals surface area contributed by atoms with Crippen LogP contribution in [0, 0.1) is 6.92 Å². The molecule has 1 amide bonds. The molecule has 0 aliphatic rings. The topological polar surface area (TPSA) is 93.4 Å². The van der Waals surface area contributed by atoms with E-state index in [0.29, 0.717) is 5.56 Å². The molecule has 0 saturated heterocycles. The first-order valence-electron chi connectivity index (χ1n) is 7.02. The highest BCUT2D eigenvalue weighted by molar-refractivity contribution is 7.89. The molecule has 0 saturated carbocycles. The van der Waals surface area contributed by atoms with E-state index < -0.39 is 10.0 Å². The van der Waals surface area contributed by atoms with Gasteiger partial charge in [0.15, 0.2) is 0 Å². The minimum absolute atomic E-state index is 0.0464. The predicted octanol–water partition coefficient (Wildman–Crippen LogP) is 1.87. The monoisotopic (exact) mass is 333 g/mol. The maximum absolute atomic E-state index is 12.5. The molecule has 1 atom stereocenters. The molecule has 7 heteroatoms. The molecule has 122 valence electrons. The summed E-state index contributed by atoms with van der Waals surface area (Å²) in [5.74, 6) is -0.152. The Balaban J connectivity index is 2.20. The Morgan fingerprint density at radius 1 is 1.17 bits per heavy atom. The van der Waals surface area contributed by atoms with Gasteiger partial charge >= 0.3 is 0 Å². The minimum atomic E-state index is -3.72. The number of aromatic nitrogens is 1. The number of amides is 1. The lowest BCUT2D eigenvalue weighted by atomic mass is 10.1. The number of nitrogens with two attached hydrogens (primary N) is 1. The number of nitrogens with zero attached hydrogens (tertiary/aromatic N) is 2. The van der Waals surface area contributed by atoms with Gasteiger partial charge in [-0.15, -0.1) is 0 Å². The second-order valence-corrected chi connectivity index (χ2v) is 6.96. The predicted molar refractivity (Wildman–Crippen MR) is 87.3 cm³/mol. The molecule has 1 heterocycles. The van der Waals surface area contributed by atoms with Crippen LogP contribution < -0.4 is 5.14 Å². The van der Waals surface area contributed by atoms with E-state index in [1.54, 1.807) is 42.4 Å². The fourth-order valence-electron chi connectivity index (χ4n) is 2.13. The van der Waals surface area contributed by atoms with Gasteiger partial charge in [-0.25, -0.2) is 13.6 Å². The molecular weight excluding hydrogens is 314 g/mol. The maximum atomic E-state index is 12.5. The zero-order valence-corrected chi connectivity index (χ0v) is 14.0. The molecule has 2 N–H and O–H groups in total. The van der Waals surface area contributed by atoms with E-state index in [1.165, 1.54) is 12.1 Å². The smallest absolute Gasteiger partial charge is 0.255 e. The highest BCUT2D eigenvalue weighted by Crippen LogP contribution is 2.22. The van der Waals surface area contributed by atoms with Crippen molar-refractivity contribution >= 4 is 15.9 Å². The first-order chi connectivity index (χ1) is 10.7. The number of hydrogen-bond acceptors (Lipinski definition) is 4. The molecule has 0 unspecified atom stereocenters. The molecule has 0 bridgehead atoms.